The molecule has 0 N–H and O–H groups in total. The SMILES string of the molecule is COc1cccc(OC)c1-n1c(CS(=O)(=O)[C@@H](C)[C@H](OC)c2cnc(C)cn2)nnc1-c1cc2n(n1)CCC2. The lowest BCUT2D eigenvalue weighted by Crippen LogP contribution is -2.29. The molecule has 12 nitrogen and oxygen atoms in total. The van der Waals surface area contributed by atoms with Crippen LogP contribution in [0.3, 0.4) is 0 Å². The van der Waals surface area contributed by atoms with Gasteiger partial charge >= 0.3 is 0 Å². The van der Waals surface area contributed by atoms with Crippen LogP contribution in [0.25, 0.3) is 17.2 Å². The van der Waals surface area contributed by atoms with E-state index >= 15 is 0 Å². The molecule has 4 aromatic rings. The standard InChI is InChI=1S/C26H31N7O5S/c1-16-13-28-20(14-27-16)25(38-5)17(2)39(34,35)15-23-29-30-26(19-12-18-8-7-11-32(18)31-19)33(23)24-21(36-3)9-6-10-22(24)37-4/h6,9-10,12-14,17,25H,7-8,11,15H2,1-5H3/t17-,25-/m0/s1. The van der Waals surface area contributed by atoms with Crippen molar-refractivity contribution in [1.82, 2.24) is 34.5 Å². The van der Waals surface area contributed by atoms with Gasteiger partial charge in [-0.2, -0.15) is 5.10 Å². The van der Waals surface area contributed by atoms with E-state index in [-0.39, 0.29) is 5.82 Å². The van der Waals surface area contributed by atoms with Gasteiger partial charge in [0, 0.05) is 25.5 Å². The van der Waals surface area contributed by atoms with E-state index in [1.165, 1.54) is 27.5 Å². The number of aromatic nitrogens is 7. The Kier molecular flexibility index (Phi) is 7.36. The average molecular weight is 554 g/mol. The van der Waals surface area contributed by atoms with E-state index in [2.05, 4.69) is 20.2 Å². The Morgan fingerprint density at radius 2 is 1.79 bits per heavy atom. The smallest absolute Gasteiger partial charge is 0.189 e. The number of hydrogen-bond acceptors (Lipinski definition) is 10. The molecule has 39 heavy (non-hydrogen) atoms. The molecule has 206 valence electrons. The van der Waals surface area contributed by atoms with Gasteiger partial charge in [0.15, 0.2) is 21.5 Å². The van der Waals surface area contributed by atoms with Crippen LogP contribution < -0.4 is 9.47 Å². The summed E-state index contributed by atoms with van der Waals surface area (Å²) in [5.74, 6) is 1.11. The molecule has 13 heteroatoms. The Morgan fingerprint density at radius 1 is 1.05 bits per heavy atom. The van der Waals surface area contributed by atoms with Crippen LogP contribution in [0.2, 0.25) is 0 Å². The van der Waals surface area contributed by atoms with Gasteiger partial charge in [-0.05, 0) is 44.9 Å². The van der Waals surface area contributed by atoms with E-state index < -0.39 is 26.9 Å². The first-order chi connectivity index (χ1) is 18.8. The zero-order chi connectivity index (χ0) is 27.7. The third-order valence-corrected chi connectivity index (χ3v) is 8.96. The highest BCUT2D eigenvalue weighted by Crippen LogP contribution is 2.37. The van der Waals surface area contributed by atoms with Crippen LogP contribution in [0.15, 0.2) is 36.7 Å². The minimum atomic E-state index is -3.84. The lowest BCUT2D eigenvalue weighted by atomic mass is 10.2. The monoisotopic (exact) mass is 553 g/mol. The molecule has 5 rings (SSSR count). The molecule has 0 amide bonds. The molecule has 2 atom stereocenters. The third kappa shape index (κ3) is 4.99. The molecule has 1 aliphatic rings. The Bertz CT molecular complexity index is 1540. The first kappa shape index (κ1) is 26.8. The summed E-state index contributed by atoms with van der Waals surface area (Å²) in [7, 11) is 0.692. The van der Waals surface area contributed by atoms with Gasteiger partial charge in [-0.3, -0.25) is 19.2 Å². The van der Waals surface area contributed by atoms with Gasteiger partial charge in [-0.1, -0.05) is 6.07 Å². The molecule has 0 saturated heterocycles. The Labute approximate surface area is 226 Å². The summed E-state index contributed by atoms with van der Waals surface area (Å²) in [6.45, 7) is 4.22. The largest absolute Gasteiger partial charge is 0.494 e. The molecule has 0 fully saturated rings. The highest BCUT2D eigenvalue weighted by atomic mass is 32.2. The number of para-hydroxylation sites is 1. The van der Waals surface area contributed by atoms with E-state index in [0.717, 1.165) is 30.8 Å². The maximum Gasteiger partial charge on any atom is 0.189 e. The van der Waals surface area contributed by atoms with Crippen molar-refractivity contribution in [1.29, 1.82) is 0 Å². The fraction of sp³-hybridized carbons (Fsp3) is 0.423. The zero-order valence-corrected chi connectivity index (χ0v) is 23.3. The number of methoxy groups -OCH3 is 3. The summed E-state index contributed by atoms with van der Waals surface area (Å²) in [5.41, 5.74) is 3.32. The Hall–Kier alpha value is -3.84. The molecular formula is C26H31N7O5S. The maximum absolute atomic E-state index is 13.8. The summed E-state index contributed by atoms with van der Waals surface area (Å²) in [6, 6.07) is 7.30. The summed E-state index contributed by atoms with van der Waals surface area (Å²) in [6.07, 6.45) is 4.24. The van der Waals surface area contributed by atoms with Crippen LogP contribution in [0.5, 0.6) is 11.5 Å². The highest BCUT2D eigenvalue weighted by molar-refractivity contribution is 7.91. The number of nitrogens with zero attached hydrogens (tertiary/aromatic N) is 7. The lowest BCUT2D eigenvalue weighted by Gasteiger charge is -2.22. The number of benzene rings is 1. The normalized spacial score (nSPS) is 14.7. The molecule has 1 aliphatic heterocycles. The van der Waals surface area contributed by atoms with Crippen molar-refractivity contribution in [2.75, 3.05) is 21.3 Å². The summed E-state index contributed by atoms with van der Waals surface area (Å²) in [5, 5.41) is 12.5. The Balaban J connectivity index is 1.61. The number of rotatable bonds is 10. The lowest BCUT2D eigenvalue weighted by molar-refractivity contribution is 0.0983. The predicted octanol–water partition coefficient (Wildman–Crippen LogP) is 2.88. The minimum Gasteiger partial charge on any atom is -0.494 e. The van der Waals surface area contributed by atoms with Crippen molar-refractivity contribution in [3.63, 3.8) is 0 Å². The Morgan fingerprint density at radius 3 is 2.41 bits per heavy atom. The second-order valence-electron chi connectivity index (χ2n) is 9.39. The average Bonchev–Trinajstić information content (AvgIpc) is 3.64. The first-order valence-electron chi connectivity index (χ1n) is 12.5. The van der Waals surface area contributed by atoms with Gasteiger partial charge in [0.25, 0.3) is 0 Å². The fourth-order valence-corrected chi connectivity index (χ4v) is 6.27. The van der Waals surface area contributed by atoms with Crippen molar-refractivity contribution >= 4 is 9.84 Å². The summed E-state index contributed by atoms with van der Waals surface area (Å²) in [4.78, 5) is 8.59. The molecule has 4 heterocycles. The second kappa shape index (κ2) is 10.7. The van der Waals surface area contributed by atoms with Gasteiger partial charge in [0.05, 0.1) is 37.1 Å². The third-order valence-electron chi connectivity index (χ3n) is 6.92. The fourth-order valence-electron chi connectivity index (χ4n) is 4.83. The summed E-state index contributed by atoms with van der Waals surface area (Å²) < 4.78 is 48.1. The molecule has 0 unspecified atom stereocenters. The molecule has 1 aromatic carbocycles. The van der Waals surface area contributed by atoms with Crippen molar-refractivity contribution < 1.29 is 22.6 Å². The number of aryl methyl sites for hydroxylation is 3. The van der Waals surface area contributed by atoms with Crippen LogP contribution in [-0.4, -0.2) is 69.5 Å². The molecular weight excluding hydrogens is 522 g/mol. The van der Waals surface area contributed by atoms with Crippen molar-refractivity contribution in [2.45, 2.75) is 50.3 Å². The molecule has 0 bridgehead atoms. The number of hydrogen-bond donors (Lipinski definition) is 0. The topological polar surface area (TPSA) is 136 Å². The van der Waals surface area contributed by atoms with Gasteiger partial charge < -0.3 is 14.2 Å². The van der Waals surface area contributed by atoms with E-state index in [1.54, 1.807) is 35.9 Å². The molecule has 3 aromatic heterocycles. The van der Waals surface area contributed by atoms with E-state index in [1.807, 2.05) is 17.7 Å². The van der Waals surface area contributed by atoms with E-state index in [4.69, 9.17) is 19.3 Å². The number of fused-ring (bicyclic) bond motifs is 1. The molecule has 0 aliphatic carbocycles. The highest BCUT2D eigenvalue weighted by Gasteiger charge is 2.35. The van der Waals surface area contributed by atoms with Gasteiger partial charge in [0.1, 0.15) is 34.7 Å². The van der Waals surface area contributed by atoms with Gasteiger partial charge in [-0.25, -0.2) is 8.42 Å². The van der Waals surface area contributed by atoms with Crippen LogP contribution in [0.1, 0.15) is 42.4 Å². The molecule has 0 spiro atoms. The van der Waals surface area contributed by atoms with Gasteiger partial charge in [-0.15, -0.1) is 10.2 Å². The molecule has 0 radical (unpaired) electrons. The second-order valence-corrected chi connectivity index (χ2v) is 11.7. The van der Waals surface area contributed by atoms with Crippen LogP contribution in [-0.2, 0) is 33.3 Å². The quantitative estimate of drug-likeness (QED) is 0.288. The van der Waals surface area contributed by atoms with Crippen molar-refractivity contribution in [3.05, 3.63) is 59.6 Å². The predicted molar refractivity (Wildman–Crippen MR) is 143 cm³/mol. The van der Waals surface area contributed by atoms with E-state index in [0.29, 0.717) is 34.4 Å². The molecule has 0 saturated carbocycles. The minimum absolute atomic E-state index is 0.192. The summed E-state index contributed by atoms with van der Waals surface area (Å²) >= 11 is 0. The number of sulfone groups is 1. The van der Waals surface area contributed by atoms with Crippen molar-refractivity contribution in [2.24, 2.45) is 0 Å². The van der Waals surface area contributed by atoms with Crippen LogP contribution in [0.4, 0.5) is 0 Å². The van der Waals surface area contributed by atoms with Crippen molar-refractivity contribution in [3.8, 4) is 28.7 Å². The number of ether oxygens (including phenoxy) is 3. The van der Waals surface area contributed by atoms with Gasteiger partial charge in [0.2, 0.25) is 0 Å². The van der Waals surface area contributed by atoms with Crippen LogP contribution >= 0.6 is 0 Å². The van der Waals surface area contributed by atoms with Crippen LogP contribution in [0, 0.1) is 6.92 Å². The zero-order valence-electron chi connectivity index (χ0n) is 22.5. The van der Waals surface area contributed by atoms with E-state index in [9.17, 15) is 8.42 Å². The first-order valence-corrected chi connectivity index (χ1v) is 14.2. The maximum atomic E-state index is 13.8.